The van der Waals surface area contributed by atoms with Crippen LogP contribution in [0.25, 0.3) is 0 Å². The van der Waals surface area contributed by atoms with E-state index in [0.29, 0.717) is 10.2 Å². The minimum Gasteiger partial charge on any atom is -0.389 e. The normalized spacial score (nSPS) is 12.0. The van der Waals surface area contributed by atoms with Crippen LogP contribution in [0.1, 0.15) is 0 Å². The van der Waals surface area contributed by atoms with E-state index in [2.05, 4.69) is 26.6 Å². The number of halogens is 2. The summed E-state index contributed by atoms with van der Waals surface area (Å²) in [6.07, 6.45) is -0.766. The van der Waals surface area contributed by atoms with Crippen molar-refractivity contribution in [2.75, 3.05) is 25.6 Å². The van der Waals surface area contributed by atoms with Gasteiger partial charge in [-0.05, 0) is 34.1 Å². The molecular formula is C11H14BrFN2O3. The molecule has 0 saturated carbocycles. The fourth-order valence-electron chi connectivity index (χ4n) is 1.22. The molecule has 100 valence electrons. The summed E-state index contributed by atoms with van der Waals surface area (Å²) in [5.74, 6) is -0.400. The van der Waals surface area contributed by atoms with Gasteiger partial charge in [0, 0.05) is 18.1 Å². The molecule has 2 amide bonds. The number of carbonyl (C=O) groups is 1. The van der Waals surface area contributed by atoms with Crippen molar-refractivity contribution >= 4 is 27.6 Å². The van der Waals surface area contributed by atoms with E-state index in [1.54, 1.807) is 0 Å². The number of ether oxygens (including phenoxy) is 1. The predicted octanol–water partition coefficient (Wildman–Crippen LogP) is 1.72. The smallest absolute Gasteiger partial charge is 0.319 e. The highest BCUT2D eigenvalue weighted by Crippen LogP contribution is 2.22. The highest BCUT2D eigenvalue weighted by Gasteiger charge is 2.08. The number of urea groups is 1. The minimum atomic E-state index is -0.766. The van der Waals surface area contributed by atoms with Crippen molar-refractivity contribution in [1.82, 2.24) is 5.32 Å². The van der Waals surface area contributed by atoms with Crippen molar-refractivity contribution in [2.45, 2.75) is 6.10 Å². The van der Waals surface area contributed by atoms with E-state index in [1.807, 2.05) is 0 Å². The molecule has 0 aliphatic carbocycles. The fraction of sp³-hybridized carbons (Fsp3) is 0.364. The predicted molar refractivity (Wildman–Crippen MR) is 69.0 cm³/mol. The molecule has 1 rings (SSSR count). The number of nitrogens with one attached hydrogen (secondary N) is 2. The van der Waals surface area contributed by atoms with Gasteiger partial charge in [0.15, 0.2) is 0 Å². The molecule has 1 aromatic rings. The van der Waals surface area contributed by atoms with Gasteiger partial charge in [0.1, 0.15) is 5.82 Å². The Hall–Kier alpha value is -1.18. The third-order valence-electron chi connectivity index (χ3n) is 2.04. The number of benzene rings is 1. The number of rotatable bonds is 5. The van der Waals surface area contributed by atoms with Gasteiger partial charge in [-0.3, -0.25) is 0 Å². The van der Waals surface area contributed by atoms with E-state index in [1.165, 1.54) is 25.3 Å². The van der Waals surface area contributed by atoms with E-state index in [4.69, 9.17) is 4.74 Å². The summed E-state index contributed by atoms with van der Waals surface area (Å²) in [4.78, 5) is 11.5. The summed E-state index contributed by atoms with van der Waals surface area (Å²) in [6.45, 7) is 0.207. The highest BCUT2D eigenvalue weighted by molar-refractivity contribution is 9.10. The average Bonchev–Trinajstić information content (AvgIpc) is 2.31. The van der Waals surface area contributed by atoms with Crippen molar-refractivity contribution < 1.29 is 19.0 Å². The number of aliphatic hydroxyl groups excluding tert-OH is 1. The van der Waals surface area contributed by atoms with E-state index in [9.17, 15) is 14.3 Å². The molecule has 0 bridgehead atoms. The first kappa shape index (κ1) is 14.9. The summed E-state index contributed by atoms with van der Waals surface area (Å²) in [6, 6.07) is 3.43. The van der Waals surface area contributed by atoms with E-state index in [-0.39, 0.29) is 13.2 Å². The van der Waals surface area contributed by atoms with E-state index >= 15 is 0 Å². The lowest BCUT2D eigenvalue weighted by molar-refractivity contribution is 0.0663. The molecule has 0 spiro atoms. The molecule has 0 fully saturated rings. The van der Waals surface area contributed by atoms with Crippen LogP contribution in [0.3, 0.4) is 0 Å². The monoisotopic (exact) mass is 320 g/mol. The zero-order valence-corrected chi connectivity index (χ0v) is 11.3. The van der Waals surface area contributed by atoms with Crippen molar-refractivity contribution in [3.05, 3.63) is 28.5 Å². The number of methoxy groups -OCH3 is 1. The number of carbonyl (C=O) groups excluding carboxylic acids is 1. The molecule has 0 radical (unpaired) electrons. The lowest BCUT2D eigenvalue weighted by atomic mass is 10.3. The van der Waals surface area contributed by atoms with Gasteiger partial charge in [0.25, 0.3) is 0 Å². The van der Waals surface area contributed by atoms with Crippen LogP contribution in [0.4, 0.5) is 14.9 Å². The highest BCUT2D eigenvalue weighted by atomic mass is 79.9. The van der Waals surface area contributed by atoms with Crippen LogP contribution in [-0.4, -0.2) is 37.5 Å². The van der Waals surface area contributed by atoms with Crippen molar-refractivity contribution in [3.63, 3.8) is 0 Å². The largest absolute Gasteiger partial charge is 0.389 e. The molecule has 0 aliphatic heterocycles. The number of hydrogen-bond donors (Lipinski definition) is 3. The van der Waals surface area contributed by atoms with Crippen LogP contribution in [0.5, 0.6) is 0 Å². The molecule has 7 heteroatoms. The number of hydrogen-bond acceptors (Lipinski definition) is 3. The molecule has 5 nitrogen and oxygen atoms in total. The minimum absolute atomic E-state index is 0.0679. The van der Waals surface area contributed by atoms with Crippen LogP contribution in [-0.2, 0) is 4.74 Å². The van der Waals surface area contributed by atoms with Crippen LogP contribution >= 0.6 is 15.9 Å². The van der Waals surface area contributed by atoms with Gasteiger partial charge >= 0.3 is 6.03 Å². The maximum Gasteiger partial charge on any atom is 0.319 e. The Morgan fingerprint density at radius 2 is 2.33 bits per heavy atom. The summed E-state index contributed by atoms with van der Waals surface area (Å²) in [7, 11) is 1.46. The maximum absolute atomic E-state index is 12.8. The Morgan fingerprint density at radius 3 is 2.94 bits per heavy atom. The van der Waals surface area contributed by atoms with Crippen molar-refractivity contribution in [2.24, 2.45) is 0 Å². The Morgan fingerprint density at radius 1 is 1.61 bits per heavy atom. The number of amides is 2. The third kappa shape index (κ3) is 4.99. The van der Waals surface area contributed by atoms with Gasteiger partial charge in [-0.1, -0.05) is 0 Å². The average molecular weight is 321 g/mol. The Balaban J connectivity index is 2.44. The molecule has 0 heterocycles. The molecule has 3 N–H and O–H groups in total. The van der Waals surface area contributed by atoms with Gasteiger partial charge in [-0.15, -0.1) is 0 Å². The Bertz CT molecular complexity index is 417. The number of aliphatic hydroxyl groups is 1. The van der Waals surface area contributed by atoms with Gasteiger partial charge < -0.3 is 20.5 Å². The molecule has 1 atom stereocenters. The van der Waals surface area contributed by atoms with E-state index < -0.39 is 18.0 Å². The first-order valence-corrected chi connectivity index (χ1v) is 5.99. The maximum atomic E-state index is 12.8. The van der Waals surface area contributed by atoms with Crippen LogP contribution in [0.15, 0.2) is 22.7 Å². The van der Waals surface area contributed by atoms with Gasteiger partial charge in [-0.2, -0.15) is 0 Å². The van der Waals surface area contributed by atoms with Gasteiger partial charge in [0.05, 0.1) is 18.4 Å². The summed E-state index contributed by atoms with van der Waals surface area (Å²) in [5.41, 5.74) is 0.440. The molecule has 0 saturated heterocycles. The summed E-state index contributed by atoms with van der Waals surface area (Å²) in [5, 5.41) is 14.3. The molecule has 0 aromatic heterocycles. The van der Waals surface area contributed by atoms with Crippen LogP contribution < -0.4 is 10.6 Å². The Kier molecular flexibility index (Phi) is 6.03. The second kappa shape index (κ2) is 7.30. The standard InChI is InChI=1S/C11H14BrFN2O3/c1-18-6-8(16)5-14-11(17)15-10-3-2-7(13)4-9(10)12/h2-4,8,16H,5-6H2,1H3,(H2,14,15,17). The molecule has 0 aliphatic rings. The van der Waals surface area contributed by atoms with Crippen molar-refractivity contribution in [1.29, 1.82) is 0 Å². The lowest BCUT2D eigenvalue weighted by Crippen LogP contribution is -2.37. The second-order valence-corrected chi connectivity index (χ2v) is 4.42. The fourth-order valence-corrected chi connectivity index (χ4v) is 1.67. The van der Waals surface area contributed by atoms with E-state index in [0.717, 1.165) is 0 Å². The third-order valence-corrected chi connectivity index (χ3v) is 2.69. The zero-order valence-electron chi connectivity index (χ0n) is 9.74. The number of anilines is 1. The molecule has 1 aromatic carbocycles. The van der Waals surface area contributed by atoms with Gasteiger partial charge in [0.2, 0.25) is 0 Å². The molecule has 18 heavy (non-hydrogen) atoms. The first-order chi connectivity index (χ1) is 8.52. The summed E-state index contributed by atoms with van der Waals surface area (Å²) >= 11 is 3.13. The van der Waals surface area contributed by atoms with Crippen LogP contribution in [0, 0.1) is 5.82 Å². The molecular weight excluding hydrogens is 307 g/mol. The van der Waals surface area contributed by atoms with Gasteiger partial charge in [-0.25, -0.2) is 9.18 Å². The van der Waals surface area contributed by atoms with Crippen LogP contribution in [0.2, 0.25) is 0 Å². The SMILES string of the molecule is COCC(O)CNC(=O)Nc1ccc(F)cc1Br. The molecule has 1 unspecified atom stereocenters. The Labute approximate surface area is 112 Å². The van der Waals surface area contributed by atoms with Crippen molar-refractivity contribution in [3.8, 4) is 0 Å². The topological polar surface area (TPSA) is 70.6 Å². The summed E-state index contributed by atoms with van der Waals surface area (Å²) < 4.78 is 18.0. The second-order valence-electron chi connectivity index (χ2n) is 3.57. The quantitative estimate of drug-likeness (QED) is 0.773. The lowest BCUT2D eigenvalue weighted by Gasteiger charge is -2.12. The zero-order chi connectivity index (χ0) is 13.5. The first-order valence-electron chi connectivity index (χ1n) is 5.20.